The van der Waals surface area contributed by atoms with Crippen LogP contribution in [0.1, 0.15) is 46.6 Å². The number of likely N-dealkylation sites (tertiary alicyclic amines) is 1. The predicted octanol–water partition coefficient (Wildman–Crippen LogP) is 6.69. The van der Waals surface area contributed by atoms with Crippen molar-refractivity contribution in [1.82, 2.24) is 14.9 Å². The van der Waals surface area contributed by atoms with Crippen molar-refractivity contribution in [3.63, 3.8) is 0 Å². The standard InChI is InChI=1S/C30H38N6O2S2/c1-29(2,3)40(37,38)35-23-13-9-12-22(18-23)31-26-24-15-17-39-27(24)34-28(33-26)32-25-14-16-36(20-30(25,4)5)19-21-10-7-6-8-11-21/h6-13,15,17-18,25,35H,14,16,19-20H2,1-5H3,(H2,31,32,33,34). The lowest BCUT2D eigenvalue weighted by Crippen LogP contribution is -2.51. The third-order valence-electron chi connectivity index (χ3n) is 7.37. The molecule has 0 saturated carbocycles. The van der Waals surface area contributed by atoms with Crippen molar-refractivity contribution in [2.75, 3.05) is 28.4 Å². The van der Waals surface area contributed by atoms with Gasteiger partial charge in [0.05, 0.1) is 15.8 Å². The van der Waals surface area contributed by atoms with Gasteiger partial charge in [-0.15, -0.1) is 11.3 Å². The van der Waals surface area contributed by atoms with Crippen LogP contribution in [0.15, 0.2) is 66.0 Å². The van der Waals surface area contributed by atoms with E-state index in [2.05, 4.69) is 64.4 Å². The summed E-state index contributed by atoms with van der Waals surface area (Å²) in [5, 5.41) is 9.98. The van der Waals surface area contributed by atoms with Gasteiger partial charge in [-0.25, -0.2) is 13.4 Å². The highest BCUT2D eigenvalue weighted by Gasteiger charge is 2.36. The van der Waals surface area contributed by atoms with Crippen molar-refractivity contribution in [1.29, 1.82) is 0 Å². The highest BCUT2D eigenvalue weighted by Crippen LogP contribution is 2.34. The van der Waals surface area contributed by atoms with Gasteiger partial charge in [0.1, 0.15) is 10.6 Å². The molecule has 1 atom stereocenters. The van der Waals surface area contributed by atoms with Crippen LogP contribution in [0.2, 0.25) is 0 Å². The Morgan fingerprint density at radius 1 is 1.02 bits per heavy atom. The Bertz CT molecular complexity index is 1580. The fraction of sp³-hybridized carbons (Fsp3) is 0.400. The van der Waals surface area contributed by atoms with Crippen LogP contribution in [-0.2, 0) is 16.6 Å². The topological polar surface area (TPSA) is 99.2 Å². The number of hydrogen-bond donors (Lipinski definition) is 3. The van der Waals surface area contributed by atoms with E-state index in [0.29, 0.717) is 17.5 Å². The zero-order valence-corrected chi connectivity index (χ0v) is 25.4. The van der Waals surface area contributed by atoms with Gasteiger partial charge >= 0.3 is 0 Å². The average Bonchev–Trinajstić information content (AvgIpc) is 3.34. The molecule has 0 aliphatic carbocycles. The van der Waals surface area contributed by atoms with Crippen molar-refractivity contribution in [2.45, 2.75) is 58.4 Å². The summed E-state index contributed by atoms with van der Waals surface area (Å²) in [6.45, 7) is 12.6. The maximum Gasteiger partial charge on any atom is 0.237 e. The smallest absolute Gasteiger partial charge is 0.237 e. The normalized spacial score (nSPS) is 18.0. The third-order valence-corrected chi connectivity index (χ3v) is 10.3. The number of benzene rings is 2. The van der Waals surface area contributed by atoms with Crippen LogP contribution < -0.4 is 15.4 Å². The molecule has 0 radical (unpaired) electrons. The first-order chi connectivity index (χ1) is 18.9. The number of rotatable bonds is 8. The minimum atomic E-state index is -3.54. The Balaban J connectivity index is 1.33. The van der Waals surface area contributed by atoms with Crippen LogP contribution in [0.3, 0.4) is 0 Å². The number of nitrogens with one attached hydrogen (secondary N) is 3. The van der Waals surface area contributed by atoms with Crippen LogP contribution in [-0.4, -0.2) is 47.2 Å². The fourth-order valence-electron chi connectivity index (χ4n) is 4.99. The molecule has 4 aromatic rings. The Hall–Kier alpha value is -3.21. The molecule has 8 nitrogen and oxygen atoms in total. The molecule has 1 aliphatic heterocycles. The van der Waals surface area contributed by atoms with Gasteiger partial charge in [-0.3, -0.25) is 9.62 Å². The van der Waals surface area contributed by atoms with E-state index in [4.69, 9.17) is 9.97 Å². The van der Waals surface area contributed by atoms with E-state index >= 15 is 0 Å². The van der Waals surface area contributed by atoms with Crippen LogP contribution in [0.4, 0.5) is 23.1 Å². The maximum absolute atomic E-state index is 12.7. The van der Waals surface area contributed by atoms with Crippen LogP contribution in [0, 0.1) is 5.41 Å². The Labute approximate surface area is 241 Å². The molecule has 40 heavy (non-hydrogen) atoms. The molecule has 0 spiro atoms. The van der Waals surface area contributed by atoms with Gasteiger partial charge in [-0.2, -0.15) is 4.98 Å². The second-order valence-electron chi connectivity index (χ2n) is 12.1. The molecule has 212 valence electrons. The zero-order chi connectivity index (χ0) is 28.5. The summed E-state index contributed by atoms with van der Waals surface area (Å²) in [5.74, 6) is 1.28. The largest absolute Gasteiger partial charge is 0.351 e. The van der Waals surface area contributed by atoms with Gasteiger partial charge in [0.15, 0.2) is 0 Å². The molecule has 2 aromatic carbocycles. The molecular weight excluding hydrogens is 541 g/mol. The Morgan fingerprint density at radius 3 is 2.50 bits per heavy atom. The molecule has 0 bridgehead atoms. The third kappa shape index (κ3) is 6.40. The molecule has 0 amide bonds. The average molecular weight is 579 g/mol. The molecular formula is C30H38N6O2S2. The Morgan fingerprint density at radius 2 is 1.77 bits per heavy atom. The van der Waals surface area contributed by atoms with E-state index in [9.17, 15) is 8.42 Å². The van der Waals surface area contributed by atoms with Crippen LogP contribution >= 0.6 is 11.3 Å². The quantitative estimate of drug-likeness (QED) is 0.214. The number of sulfonamides is 1. The molecule has 5 rings (SSSR count). The van der Waals surface area contributed by atoms with Gasteiger partial charge in [-0.05, 0) is 67.8 Å². The van der Waals surface area contributed by atoms with E-state index in [-0.39, 0.29) is 11.5 Å². The zero-order valence-electron chi connectivity index (χ0n) is 23.7. The highest BCUT2D eigenvalue weighted by atomic mass is 32.2. The minimum Gasteiger partial charge on any atom is -0.351 e. The summed E-state index contributed by atoms with van der Waals surface area (Å²) < 4.78 is 27.1. The number of thiophene rings is 1. The molecule has 2 aromatic heterocycles. The van der Waals surface area contributed by atoms with Gasteiger partial charge in [-0.1, -0.05) is 50.2 Å². The molecule has 3 heterocycles. The molecule has 10 heteroatoms. The van der Waals surface area contributed by atoms with Gasteiger partial charge in [0.25, 0.3) is 0 Å². The van der Waals surface area contributed by atoms with Crippen molar-refractivity contribution in [2.24, 2.45) is 5.41 Å². The van der Waals surface area contributed by atoms with E-state index in [1.54, 1.807) is 44.2 Å². The summed E-state index contributed by atoms with van der Waals surface area (Å²) in [5.41, 5.74) is 2.59. The molecule has 1 aliphatic rings. The summed E-state index contributed by atoms with van der Waals surface area (Å²) in [7, 11) is -3.54. The second kappa shape index (κ2) is 11.0. The molecule has 1 saturated heterocycles. The van der Waals surface area contributed by atoms with Gasteiger partial charge in [0.2, 0.25) is 16.0 Å². The summed E-state index contributed by atoms with van der Waals surface area (Å²) in [4.78, 5) is 13.1. The maximum atomic E-state index is 12.7. The SMILES string of the molecule is CC1(C)CN(Cc2ccccc2)CCC1Nc1nc(Nc2cccc(NS(=O)(=O)C(C)(C)C)c2)c2ccsc2n1. The number of anilines is 4. The number of piperidine rings is 1. The fourth-order valence-corrected chi connectivity index (χ4v) is 6.50. The number of nitrogens with zero attached hydrogens (tertiary/aromatic N) is 3. The lowest BCUT2D eigenvalue weighted by Gasteiger charge is -2.44. The van der Waals surface area contributed by atoms with Crippen molar-refractivity contribution >= 4 is 54.7 Å². The lowest BCUT2D eigenvalue weighted by molar-refractivity contribution is 0.0975. The van der Waals surface area contributed by atoms with E-state index in [1.807, 2.05) is 23.6 Å². The summed E-state index contributed by atoms with van der Waals surface area (Å²) in [6.07, 6.45) is 0.990. The monoisotopic (exact) mass is 578 g/mol. The van der Waals surface area contributed by atoms with Crippen LogP contribution in [0.25, 0.3) is 10.2 Å². The first kappa shape index (κ1) is 28.3. The van der Waals surface area contributed by atoms with Gasteiger partial charge in [0, 0.05) is 31.4 Å². The minimum absolute atomic E-state index is 0.0208. The van der Waals surface area contributed by atoms with Gasteiger partial charge < -0.3 is 10.6 Å². The lowest BCUT2D eigenvalue weighted by atomic mass is 9.79. The van der Waals surface area contributed by atoms with Crippen molar-refractivity contribution < 1.29 is 8.42 Å². The van der Waals surface area contributed by atoms with E-state index in [0.717, 1.165) is 42.0 Å². The first-order valence-electron chi connectivity index (χ1n) is 13.6. The number of aromatic nitrogens is 2. The van der Waals surface area contributed by atoms with E-state index in [1.165, 1.54) is 5.56 Å². The van der Waals surface area contributed by atoms with Crippen LogP contribution in [0.5, 0.6) is 0 Å². The van der Waals surface area contributed by atoms with Crippen molar-refractivity contribution in [3.05, 3.63) is 71.6 Å². The molecule has 3 N–H and O–H groups in total. The first-order valence-corrected chi connectivity index (χ1v) is 15.9. The highest BCUT2D eigenvalue weighted by molar-refractivity contribution is 7.94. The van der Waals surface area contributed by atoms with Crippen molar-refractivity contribution in [3.8, 4) is 0 Å². The Kier molecular flexibility index (Phi) is 7.78. The predicted molar refractivity (Wildman–Crippen MR) is 167 cm³/mol. The second-order valence-corrected chi connectivity index (χ2v) is 15.5. The molecule has 1 fully saturated rings. The number of hydrogen-bond acceptors (Lipinski definition) is 8. The molecule has 1 unspecified atom stereocenters. The van der Waals surface area contributed by atoms with E-state index < -0.39 is 14.8 Å². The number of fused-ring (bicyclic) bond motifs is 1. The summed E-state index contributed by atoms with van der Waals surface area (Å²) >= 11 is 1.57. The summed E-state index contributed by atoms with van der Waals surface area (Å²) in [6, 6.07) is 20.1.